The smallest absolute Gasteiger partial charge is 0.0578 e. The van der Waals surface area contributed by atoms with Gasteiger partial charge in [-0.05, 0) is 50.4 Å². The van der Waals surface area contributed by atoms with E-state index in [9.17, 15) is 0 Å². The summed E-state index contributed by atoms with van der Waals surface area (Å²) in [5, 5.41) is 0. The molecule has 0 aliphatic heterocycles. The molecule has 1 aliphatic rings. The second kappa shape index (κ2) is 8.53. The highest BCUT2D eigenvalue weighted by Gasteiger charge is 2.15. The minimum absolute atomic E-state index is 0.277. The van der Waals surface area contributed by atoms with E-state index in [4.69, 9.17) is 4.74 Å². The van der Waals surface area contributed by atoms with Crippen molar-refractivity contribution in [2.45, 2.75) is 71.8 Å². The average molecular weight is 250 g/mol. The molecule has 1 aliphatic carbocycles. The normalized spacial score (nSPS) is 26.9. The SMILES string of the molecule is CC(C)(C)COC1CC/C=C\CC/C=C\CCC1. The first-order chi connectivity index (χ1) is 8.58. The molecule has 1 nitrogen and oxygen atoms in total. The summed E-state index contributed by atoms with van der Waals surface area (Å²) in [5.41, 5.74) is 0.277. The summed E-state index contributed by atoms with van der Waals surface area (Å²) in [6, 6.07) is 0. The molecule has 0 aromatic heterocycles. The van der Waals surface area contributed by atoms with E-state index in [0.717, 1.165) is 6.61 Å². The van der Waals surface area contributed by atoms with E-state index in [1.54, 1.807) is 0 Å². The van der Waals surface area contributed by atoms with E-state index in [1.807, 2.05) is 0 Å². The van der Waals surface area contributed by atoms with Gasteiger partial charge in [-0.25, -0.2) is 0 Å². The maximum Gasteiger partial charge on any atom is 0.0578 e. The van der Waals surface area contributed by atoms with Gasteiger partial charge in [0.1, 0.15) is 0 Å². The fourth-order valence-corrected chi connectivity index (χ4v) is 2.09. The Morgan fingerprint density at radius 2 is 1.50 bits per heavy atom. The highest BCUT2D eigenvalue weighted by molar-refractivity contribution is 4.89. The van der Waals surface area contributed by atoms with Crippen LogP contribution in [0.25, 0.3) is 0 Å². The quantitative estimate of drug-likeness (QED) is 0.606. The van der Waals surface area contributed by atoms with E-state index in [-0.39, 0.29) is 5.41 Å². The Bertz CT molecular complexity index is 257. The van der Waals surface area contributed by atoms with Gasteiger partial charge in [0.25, 0.3) is 0 Å². The maximum absolute atomic E-state index is 6.09. The zero-order valence-electron chi connectivity index (χ0n) is 12.5. The average Bonchev–Trinajstić information content (AvgIpc) is 2.27. The third kappa shape index (κ3) is 8.52. The van der Waals surface area contributed by atoms with Crippen molar-refractivity contribution in [2.24, 2.45) is 5.41 Å². The van der Waals surface area contributed by atoms with Crippen molar-refractivity contribution in [3.05, 3.63) is 24.3 Å². The van der Waals surface area contributed by atoms with E-state index in [1.165, 1.54) is 44.9 Å². The Kier molecular flexibility index (Phi) is 7.34. The minimum atomic E-state index is 0.277. The van der Waals surface area contributed by atoms with Crippen LogP contribution in [-0.4, -0.2) is 12.7 Å². The molecule has 1 rings (SSSR count). The predicted molar refractivity (Wildman–Crippen MR) is 79.8 cm³/mol. The van der Waals surface area contributed by atoms with Crippen LogP contribution in [0.4, 0.5) is 0 Å². The summed E-state index contributed by atoms with van der Waals surface area (Å²) in [6.07, 6.45) is 18.1. The summed E-state index contributed by atoms with van der Waals surface area (Å²) < 4.78 is 6.09. The van der Waals surface area contributed by atoms with Gasteiger partial charge in [0.2, 0.25) is 0 Å². The first kappa shape index (κ1) is 15.5. The van der Waals surface area contributed by atoms with Gasteiger partial charge in [0.05, 0.1) is 12.7 Å². The standard InChI is InChI=1S/C17H30O/c1-17(2,3)15-18-16-13-11-9-7-5-4-6-8-10-12-14-16/h5,7-8,10,16H,4,6,9,11-15H2,1-3H3/b7-5-,10-8-. The van der Waals surface area contributed by atoms with Crippen LogP contribution in [0.1, 0.15) is 65.7 Å². The summed E-state index contributed by atoms with van der Waals surface area (Å²) >= 11 is 0. The van der Waals surface area contributed by atoms with Crippen LogP contribution in [0.5, 0.6) is 0 Å². The molecule has 1 atom stereocenters. The second-order valence-corrected chi connectivity index (χ2v) is 6.52. The van der Waals surface area contributed by atoms with Crippen molar-refractivity contribution in [1.82, 2.24) is 0 Å². The molecule has 1 unspecified atom stereocenters. The van der Waals surface area contributed by atoms with Crippen LogP contribution in [0.15, 0.2) is 24.3 Å². The maximum atomic E-state index is 6.09. The molecule has 0 radical (unpaired) electrons. The second-order valence-electron chi connectivity index (χ2n) is 6.52. The first-order valence-corrected chi connectivity index (χ1v) is 7.49. The van der Waals surface area contributed by atoms with Gasteiger partial charge in [0.15, 0.2) is 0 Å². The molecule has 0 bridgehead atoms. The molecule has 0 heterocycles. The van der Waals surface area contributed by atoms with E-state index >= 15 is 0 Å². The van der Waals surface area contributed by atoms with Crippen molar-refractivity contribution in [2.75, 3.05) is 6.61 Å². The lowest BCUT2D eigenvalue weighted by molar-refractivity contribution is -0.000174. The monoisotopic (exact) mass is 250 g/mol. The van der Waals surface area contributed by atoms with Crippen LogP contribution in [0.3, 0.4) is 0 Å². The van der Waals surface area contributed by atoms with Crippen LogP contribution < -0.4 is 0 Å². The number of allylic oxidation sites excluding steroid dienone is 4. The molecule has 18 heavy (non-hydrogen) atoms. The third-order valence-electron chi connectivity index (χ3n) is 3.14. The summed E-state index contributed by atoms with van der Waals surface area (Å²) in [4.78, 5) is 0. The van der Waals surface area contributed by atoms with Crippen LogP contribution >= 0.6 is 0 Å². The van der Waals surface area contributed by atoms with Gasteiger partial charge in [-0.3, -0.25) is 0 Å². The van der Waals surface area contributed by atoms with Crippen LogP contribution in [0.2, 0.25) is 0 Å². The molecule has 0 fully saturated rings. The zero-order chi connectivity index (χ0) is 13.3. The molecular weight excluding hydrogens is 220 g/mol. The van der Waals surface area contributed by atoms with Crippen molar-refractivity contribution >= 4 is 0 Å². The zero-order valence-corrected chi connectivity index (χ0v) is 12.5. The Morgan fingerprint density at radius 3 is 2.17 bits per heavy atom. The number of rotatable bonds is 2. The Balaban J connectivity index is 2.38. The van der Waals surface area contributed by atoms with Crippen LogP contribution in [0, 0.1) is 5.41 Å². The lowest BCUT2D eigenvalue weighted by Crippen LogP contribution is -2.21. The molecule has 1 heteroatoms. The van der Waals surface area contributed by atoms with Crippen molar-refractivity contribution < 1.29 is 4.74 Å². The lowest BCUT2D eigenvalue weighted by Gasteiger charge is -2.24. The fourth-order valence-electron chi connectivity index (χ4n) is 2.09. The molecule has 0 saturated heterocycles. The van der Waals surface area contributed by atoms with E-state index in [0.29, 0.717) is 6.10 Å². The third-order valence-corrected chi connectivity index (χ3v) is 3.14. The van der Waals surface area contributed by atoms with Gasteiger partial charge < -0.3 is 4.74 Å². The molecule has 0 N–H and O–H groups in total. The summed E-state index contributed by atoms with van der Waals surface area (Å²) in [7, 11) is 0. The number of hydrogen-bond donors (Lipinski definition) is 0. The topological polar surface area (TPSA) is 9.23 Å². The highest BCUT2D eigenvalue weighted by Crippen LogP contribution is 2.19. The van der Waals surface area contributed by atoms with Crippen molar-refractivity contribution in [3.63, 3.8) is 0 Å². The lowest BCUT2D eigenvalue weighted by atomic mass is 9.98. The molecule has 0 aromatic carbocycles. The molecule has 104 valence electrons. The first-order valence-electron chi connectivity index (χ1n) is 7.49. The molecule has 0 aromatic rings. The molecular formula is C17H30O. The predicted octanol–water partition coefficient (Wildman–Crippen LogP) is 5.27. The van der Waals surface area contributed by atoms with Crippen molar-refractivity contribution in [1.29, 1.82) is 0 Å². The van der Waals surface area contributed by atoms with Gasteiger partial charge >= 0.3 is 0 Å². The van der Waals surface area contributed by atoms with Gasteiger partial charge in [-0.1, -0.05) is 45.1 Å². The number of hydrogen-bond acceptors (Lipinski definition) is 1. The summed E-state index contributed by atoms with van der Waals surface area (Å²) in [5.74, 6) is 0. The summed E-state index contributed by atoms with van der Waals surface area (Å²) in [6.45, 7) is 7.60. The van der Waals surface area contributed by atoms with Gasteiger partial charge in [-0.2, -0.15) is 0 Å². The van der Waals surface area contributed by atoms with E-state index in [2.05, 4.69) is 45.1 Å². The fraction of sp³-hybridized carbons (Fsp3) is 0.765. The number of ether oxygens (including phenoxy) is 1. The minimum Gasteiger partial charge on any atom is -0.378 e. The van der Waals surface area contributed by atoms with Crippen molar-refractivity contribution in [3.8, 4) is 0 Å². The molecule has 0 amide bonds. The van der Waals surface area contributed by atoms with Crippen LogP contribution in [-0.2, 0) is 4.74 Å². The molecule has 0 spiro atoms. The van der Waals surface area contributed by atoms with Gasteiger partial charge in [-0.15, -0.1) is 0 Å². The van der Waals surface area contributed by atoms with Gasteiger partial charge in [0, 0.05) is 0 Å². The molecule has 0 saturated carbocycles. The Hall–Kier alpha value is -0.560. The van der Waals surface area contributed by atoms with E-state index < -0.39 is 0 Å². The Labute approximate surface area is 113 Å². The largest absolute Gasteiger partial charge is 0.378 e. The highest BCUT2D eigenvalue weighted by atomic mass is 16.5. The Morgan fingerprint density at radius 1 is 0.889 bits per heavy atom.